The SMILES string of the molecule is Cc1nc2ccc(Br)cn2c1C(=O)NS(=O)(=O)C1(C)CC1. The first-order chi connectivity index (χ1) is 9.73. The summed E-state index contributed by atoms with van der Waals surface area (Å²) in [5.74, 6) is -0.647. The zero-order valence-corrected chi connectivity index (χ0v) is 14.0. The van der Waals surface area contributed by atoms with Gasteiger partial charge in [0.2, 0.25) is 10.0 Å². The van der Waals surface area contributed by atoms with Crippen LogP contribution in [0.4, 0.5) is 0 Å². The van der Waals surface area contributed by atoms with E-state index < -0.39 is 20.7 Å². The lowest BCUT2D eigenvalue weighted by molar-refractivity contribution is 0.0974. The number of hydrogen-bond donors (Lipinski definition) is 1. The summed E-state index contributed by atoms with van der Waals surface area (Å²) in [5, 5.41) is 0. The summed E-state index contributed by atoms with van der Waals surface area (Å²) in [6.07, 6.45) is 2.84. The quantitative estimate of drug-likeness (QED) is 0.894. The number of halogens is 1. The first-order valence-electron chi connectivity index (χ1n) is 6.44. The molecule has 0 saturated heterocycles. The molecule has 1 fully saturated rings. The minimum Gasteiger partial charge on any atom is -0.294 e. The fourth-order valence-electron chi connectivity index (χ4n) is 2.15. The number of amides is 1. The van der Waals surface area contributed by atoms with Gasteiger partial charge in [0.05, 0.1) is 10.4 Å². The second kappa shape index (κ2) is 4.54. The van der Waals surface area contributed by atoms with Crippen LogP contribution >= 0.6 is 15.9 Å². The minimum atomic E-state index is -3.66. The normalized spacial score (nSPS) is 16.9. The summed E-state index contributed by atoms with van der Waals surface area (Å²) in [7, 11) is -3.66. The molecule has 1 saturated carbocycles. The molecule has 0 spiro atoms. The summed E-state index contributed by atoms with van der Waals surface area (Å²) >= 11 is 3.33. The monoisotopic (exact) mass is 371 g/mol. The number of pyridine rings is 1. The van der Waals surface area contributed by atoms with Gasteiger partial charge in [-0.15, -0.1) is 0 Å². The highest BCUT2D eigenvalue weighted by Crippen LogP contribution is 2.42. The van der Waals surface area contributed by atoms with Crippen molar-refractivity contribution in [3.05, 3.63) is 34.2 Å². The number of hydrogen-bond acceptors (Lipinski definition) is 4. The van der Waals surface area contributed by atoms with Crippen LogP contribution in [0.1, 0.15) is 35.9 Å². The molecule has 0 bridgehead atoms. The second-order valence-electron chi connectivity index (χ2n) is 5.51. The number of fused-ring (bicyclic) bond motifs is 1. The van der Waals surface area contributed by atoms with Crippen LogP contribution in [0, 0.1) is 6.92 Å². The molecule has 1 amide bonds. The molecule has 2 heterocycles. The van der Waals surface area contributed by atoms with E-state index >= 15 is 0 Å². The Labute approximate surface area is 130 Å². The van der Waals surface area contributed by atoms with Gasteiger partial charge in [0.15, 0.2) is 0 Å². The van der Waals surface area contributed by atoms with E-state index in [9.17, 15) is 13.2 Å². The third-order valence-corrected chi connectivity index (χ3v) is 6.43. The van der Waals surface area contributed by atoms with E-state index in [0.717, 1.165) is 4.47 Å². The molecule has 1 aliphatic rings. The Morgan fingerprint density at radius 2 is 2.10 bits per heavy atom. The van der Waals surface area contributed by atoms with Crippen LogP contribution in [-0.2, 0) is 10.0 Å². The molecule has 3 rings (SSSR count). The van der Waals surface area contributed by atoms with Gasteiger partial charge in [0.1, 0.15) is 11.3 Å². The van der Waals surface area contributed by atoms with Crippen molar-refractivity contribution in [2.75, 3.05) is 0 Å². The molecule has 8 heteroatoms. The highest BCUT2D eigenvalue weighted by Gasteiger charge is 2.51. The molecule has 21 heavy (non-hydrogen) atoms. The largest absolute Gasteiger partial charge is 0.294 e. The number of aromatic nitrogens is 2. The van der Waals surface area contributed by atoms with E-state index in [1.54, 1.807) is 30.5 Å². The van der Waals surface area contributed by atoms with Crippen LogP contribution in [0.15, 0.2) is 22.8 Å². The topological polar surface area (TPSA) is 80.5 Å². The van der Waals surface area contributed by atoms with E-state index in [-0.39, 0.29) is 5.69 Å². The van der Waals surface area contributed by atoms with Crippen LogP contribution in [0.3, 0.4) is 0 Å². The van der Waals surface area contributed by atoms with Crippen molar-refractivity contribution < 1.29 is 13.2 Å². The maximum atomic E-state index is 12.4. The van der Waals surface area contributed by atoms with Gasteiger partial charge in [-0.3, -0.25) is 9.20 Å². The summed E-state index contributed by atoms with van der Waals surface area (Å²) < 4.78 is 28.0. The Morgan fingerprint density at radius 3 is 2.71 bits per heavy atom. The summed E-state index contributed by atoms with van der Waals surface area (Å²) in [6.45, 7) is 3.32. The summed E-state index contributed by atoms with van der Waals surface area (Å²) in [5.41, 5.74) is 1.32. The number of sulfonamides is 1. The number of carbonyl (C=O) groups excluding carboxylic acids is 1. The highest BCUT2D eigenvalue weighted by atomic mass is 79.9. The number of nitrogens with zero attached hydrogens (tertiary/aromatic N) is 2. The maximum Gasteiger partial charge on any atom is 0.283 e. The van der Waals surface area contributed by atoms with Gasteiger partial charge in [0.25, 0.3) is 5.91 Å². The van der Waals surface area contributed by atoms with Crippen LogP contribution in [0.25, 0.3) is 5.65 Å². The zero-order valence-electron chi connectivity index (χ0n) is 11.6. The van der Waals surface area contributed by atoms with Gasteiger partial charge >= 0.3 is 0 Å². The summed E-state index contributed by atoms with van der Waals surface area (Å²) in [4.78, 5) is 16.6. The number of carbonyl (C=O) groups is 1. The van der Waals surface area contributed by atoms with E-state index in [1.165, 1.54) is 0 Å². The lowest BCUT2D eigenvalue weighted by Gasteiger charge is -2.12. The van der Waals surface area contributed by atoms with Crippen molar-refractivity contribution in [2.45, 2.75) is 31.4 Å². The first kappa shape index (κ1) is 14.5. The predicted molar refractivity (Wildman–Crippen MR) is 81.7 cm³/mol. The summed E-state index contributed by atoms with van der Waals surface area (Å²) in [6, 6.07) is 3.57. The average Bonchev–Trinajstić information content (AvgIpc) is 3.04. The number of nitrogens with one attached hydrogen (secondary N) is 1. The van der Waals surface area contributed by atoms with Crippen molar-refractivity contribution in [3.63, 3.8) is 0 Å². The molecular weight excluding hydrogens is 358 g/mol. The highest BCUT2D eigenvalue weighted by molar-refractivity contribution is 9.10. The van der Waals surface area contributed by atoms with E-state index in [2.05, 4.69) is 25.6 Å². The fraction of sp³-hybridized carbons (Fsp3) is 0.385. The van der Waals surface area contributed by atoms with Gasteiger partial charge in [-0.05, 0) is 54.8 Å². The Balaban J connectivity index is 2.02. The van der Waals surface area contributed by atoms with E-state index in [4.69, 9.17) is 0 Å². The molecule has 0 unspecified atom stereocenters. The van der Waals surface area contributed by atoms with Gasteiger partial charge in [-0.1, -0.05) is 0 Å². The molecular formula is C13H14BrN3O3S. The molecule has 1 aliphatic carbocycles. The van der Waals surface area contributed by atoms with Crippen LogP contribution in [-0.4, -0.2) is 28.5 Å². The van der Waals surface area contributed by atoms with Crippen LogP contribution in [0.2, 0.25) is 0 Å². The zero-order chi connectivity index (χ0) is 15.4. The Morgan fingerprint density at radius 1 is 1.43 bits per heavy atom. The van der Waals surface area contributed by atoms with Crippen molar-refractivity contribution in [3.8, 4) is 0 Å². The molecule has 2 aromatic heterocycles. The van der Waals surface area contributed by atoms with Crippen molar-refractivity contribution in [2.24, 2.45) is 0 Å². The molecule has 0 radical (unpaired) electrons. The number of imidazole rings is 1. The Bertz CT molecular complexity index is 853. The standard InChI is InChI=1S/C13H14BrN3O3S/c1-8-11(17-7-9(14)3-4-10(17)15-8)12(18)16-21(19,20)13(2)5-6-13/h3-4,7H,5-6H2,1-2H3,(H,16,18). The molecule has 6 nitrogen and oxygen atoms in total. The third-order valence-electron chi connectivity index (χ3n) is 3.80. The van der Waals surface area contributed by atoms with Crippen molar-refractivity contribution in [1.29, 1.82) is 0 Å². The molecule has 2 aromatic rings. The lowest BCUT2D eigenvalue weighted by atomic mass is 10.3. The van der Waals surface area contributed by atoms with E-state index in [1.807, 2.05) is 6.07 Å². The Kier molecular flexibility index (Phi) is 3.14. The number of aryl methyl sites for hydroxylation is 1. The second-order valence-corrected chi connectivity index (χ2v) is 8.62. The van der Waals surface area contributed by atoms with Gasteiger partial charge in [-0.25, -0.2) is 18.1 Å². The fourth-order valence-corrected chi connectivity index (χ4v) is 3.71. The molecule has 1 N–H and O–H groups in total. The van der Waals surface area contributed by atoms with Gasteiger partial charge in [0, 0.05) is 10.7 Å². The van der Waals surface area contributed by atoms with Crippen molar-refractivity contribution in [1.82, 2.24) is 14.1 Å². The molecule has 0 atom stereocenters. The first-order valence-corrected chi connectivity index (χ1v) is 8.72. The minimum absolute atomic E-state index is 0.235. The molecule has 0 aliphatic heterocycles. The smallest absolute Gasteiger partial charge is 0.283 e. The average molecular weight is 372 g/mol. The van der Waals surface area contributed by atoms with Gasteiger partial charge < -0.3 is 0 Å². The predicted octanol–water partition coefficient (Wildman–Crippen LogP) is 2.02. The maximum absolute atomic E-state index is 12.4. The Hall–Kier alpha value is -1.41. The van der Waals surface area contributed by atoms with Crippen LogP contribution < -0.4 is 4.72 Å². The molecule has 0 aromatic carbocycles. The molecule has 112 valence electrons. The van der Waals surface area contributed by atoms with Crippen LogP contribution in [0.5, 0.6) is 0 Å². The van der Waals surface area contributed by atoms with Gasteiger partial charge in [-0.2, -0.15) is 0 Å². The third kappa shape index (κ3) is 2.36. The van der Waals surface area contributed by atoms with E-state index in [0.29, 0.717) is 24.2 Å². The van der Waals surface area contributed by atoms with Crippen molar-refractivity contribution >= 4 is 37.5 Å². The lowest BCUT2D eigenvalue weighted by Crippen LogP contribution is -2.39. The number of rotatable bonds is 3.